The molecule has 3 rings (SSSR count). The Balaban J connectivity index is 1.79. The summed E-state index contributed by atoms with van der Waals surface area (Å²) in [7, 11) is 1.28. The summed E-state index contributed by atoms with van der Waals surface area (Å²) in [5.41, 5.74) is -0.229. The van der Waals surface area contributed by atoms with Crippen molar-refractivity contribution >= 4 is 17.6 Å². The van der Waals surface area contributed by atoms with Gasteiger partial charge in [-0.25, -0.2) is 9.78 Å². The molecule has 1 fully saturated rings. The number of methoxy groups -OCH3 is 1. The molecule has 0 N–H and O–H groups in total. The lowest BCUT2D eigenvalue weighted by molar-refractivity contribution is -0.137. The largest absolute Gasteiger partial charge is 0.465 e. The number of anilines is 1. The van der Waals surface area contributed by atoms with Gasteiger partial charge in [0, 0.05) is 30.8 Å². The maximum atomic E-state index is 12.8. The summed E-state index contributed by atoms with van der Waals surface area (Å²) in [4.78, 5) is 30.9. The van der Waals surface area contributed by atoms with E-state index >= 15 is 0 Å². The second kappa shape index (κ2) is 8.00. The number of piperidine rings is 1. The first kappa shape index (κ1) is 19.9. The van der Waals surface area contributed by atoms with Crippen molar-refractivity contribution in [2.45, 2.75) is 19.0 Å². The number of pyridine rings is 1. The monoisotopic (exact) mass is 392 g/mol. The summed E-state index contributed by atoms with van der Waals surface area (Å²) < 4.78 is 42.9. The van der Waals surface area contributed by atoms with E-state index in [2.05, 4.69) is 4.98 Å². The Labute approximate surface area is 160 Å². The molecule has 1 aliphatic rings. The third-order valence-electron chi connectivity index (χ3n) is 4.78. The molecule has 1 aliphatic heterocycles. The zero-order valence-corrected chi connectivity index (χ0v) is 15.2. The molecule has 148 valence electrons. The first-order valence-corrected chi connectivity index (χ1v) is 8.81. The molecular formula is C20H19F3N2O3. The maximum Gasteiger partial charge on any atom is 0.416 e. The summed E-state index contributed by atoms with van der Waals surface area (Å²) in [6, 6.07) is 7.50. The molecule has 28 heavy (non-hydrogen) atoms. The van der Waals surface area contributed by atoms with Gasteiger partial charge in [0.05, 0.1) is 12.7 Å². The highest BCUT2D eigenvalue weighted by atomic mass is 19.4. The Morgan fingerprint density at radius 3 is 2.54 bits per heavy atom. The van der Waals surface area contributed by atoms with Crippen LogP contribution in [-0.4, -0.2) is 36.9 Å². The number of esters is 1. The van der Waals surface area contributed by atoms with Gasteiger partial charge in [0.1, 0.15) is 11.4 Å². The maximum absolute atomic E-state index is 12.8. The van der Waals surface area contributed by atoms with Crippen molar-refractivity contribution in [2.24, 2.45) is 5.92 Å². The van der Waals surface area contributed by atoms with Gasteiger partial charge in [0.25, 0.3) is 0 Å². The van der Waals surface area contributed by atoms with E-state index < -0.39 is 23.6 Å². The van der Waals surface area contributed by atoms with Crippen LogP contribution >= 0.6 is 0 Å². The van der Waals surface area contributed by atoms with E-state index in [0.29, 0.717) is 37.3 Å². The Morgan fingerprint density at radius 2 is 1.89 bits per heavy atom. The van der Waals surface area contributed by atoms with E-state index in [9.17, 15) is 22.8 Å². The Kier molecular flexibility index (Phi) is 5.67. The van der Waals surface area contributed by atoms with Gasteiger partial charge in [-0.3, -0.25) is 4.79 Å². The number of ketones is 1. The Bertz CT molecular complexity index is 866. The Morgan fingerprint density at radius 1 is 1.18 bits per heavy atom. The molecule has 5 nitrogen and oxygen atoms in total. The molecule has 0 bridgehead atoms. The first-order chi connectivity index (χ1) is 13.3. The van der Waals surface area contributed by atoms with Crippen LogP contribution < -0.4 is 4.90 Å². The van der Waals surface area contributed by atoms with Crippen LogP contribution in [0.4, 0.5) is 19.0 Å². The molecule has 0 amide bonds. The molecule has 0 aliphatic carbocycles. The summed E-state index contributed by atoms with van der Waals surface area (Å²) in [5, 5.41) is 0. The van der Waals surface area contributed by atoms with E-state index in [1.165, 1.54) is 19.2 Å². The molecule has 2 aromatic rings. The van der Waals surface area contributed by atoms with Gasteiger partial charge < -0.3 is 9.64 Å². The number of aromatic nitrogens is 1. The minimum atomic E-state index is -4.44. The minimum absolute atomic E-state index is 0.214. The number of benzene rings is 1. The molecule has 0 radical (unpaired) electrons. The minimum Gasteiger partial charge on any atom is -0.465 e. The zero-order valence-electron chi connectivity index (χ0n) is 15.2. The Hall–Kier alpha value is -2.90. The highest BCUT2D eigenvalue weighted by molar-refractivity contribution is 5.99. The van der Waals surface area contributed by atoms with Crippen LogP contribution in [-0.2, 0) is 10.9 Å². The third-order valence-corrected chi connectivity index (χ3v) is 4.78. The molecule has 1 aromatic heterocycles. The van der Waals surface area contributed by atoms with Crippen molar-refractivity contribution in [2.75, 3.05) is 25.1 Å². The van der Waals surface area contributed by atoms with E-state index in [1.54, 1.807) is 18.3 Å². The van der Waals surface area contributed by atoms with Gasteiger partial charge >= 0.3 is 12.1 Å². The fourth-order valence-corrected chi connectivity index (χ4v) is 3.36. The standard InChI is InChI=1S/C20H19F3N2O3/c1-28-19(27)16-5-2-10-24-18(16)25-11-3-4-14(12-25)17(26)13-6-8-15(9-7-13)20(21,22)23/h2,5-10,14H,3-4,11-12H2,1H3. The average molecular weight is 392 g/mol. The van der Waals surface area contributed by atoms with Crippen molar-refractivity contribution in [3.63, 3.8) is 0 Å². The van der Waals surface area contributed by atoms with Crippen LogP contribution in [0.2, 0.25) is 0 Å². The van der Waals surface area contributed by atoms with Crippen LogP contribution in [0.1, 0.15) is 39.1 Å². The fourth-order valence-electron chi connectivity index (χ4n) is 3.36. The van der Waals surface area contributed by atoms with Gasteiger partial charge in [0.2, 0.25) is 0 Å². The van der Waals surface area contributed by atoms with Crippen molar-refractivity contribution in [3.8, 4) is 0 Å². The number of halogens is 3. The van der Waals surface area contributed by atoms with E-state index in [0.717, 1.165) is 12.1 Å². The van der Waals surface area contributed by atoms with Gasteiger partial charge in [-0.1, -0.05) is 12.1 Å². The van der Waals surface area contributed by atoms with Crippen LogP contribution in [0.15, 0.2) is 42.6 Å². The number of carbonyl (C=O) groups is 2. The molecule has 1 aromatic carbocycles. The van der Waals surface area contributed by atoms with Crippen molar-refractivity contribution in [1.29, 1.82) is 0 Å². The summed E-state index contributed by atoms with van der Waals surface area (Å²) in [5.74, 6) is -0.675. The predicted octanol–water partition coefficient (Wildman–Crippen LogP) is 3.99. The molecule has 1 unspecified atom stereocenters. The number of alkyl halides is 3. The highest BCUT2D eigenvalue weighted by Gasteiger charge is 2.32. The second-order valence-corrected chi connectivity index (χ2v) is 6.59. The van der Waals surface area contributed by atoms with E-state index in [-0.39, 0.29) is 11.3 Å². The number of nitrogens with zero attached hydrogens (tertiary/aromatic N) is 2. The molecule has 8 heteroatoms. The smallest absolute Gasteiger partial charge is 0.416 e. The summed E-state index contributed by atoms with van der Waals surface area (Å²) >= 11 is 0. The first-order valence-electron chi connectivity index (χ1n) is 8.81. The topological polar surface area (TPSA) is 59.5 Å². The summed E-state index contributed by atoms with van der Waals surface area (Å²) in [6.07, 6.45) is -1.56. The molecule has 2 heterocycles. The van der Waals surface area contributed by atoms with Crippen LogP contribution in [0.25, 0.3) is 0 Å². The van der Waals surface area contributed by atoms with Crippen molar-refractivity contribution < 1.29 is 27.5 Å². The number of rotatable bonds is 4. The summed E-state index contributed by atoms with van der Waals surface area (Å²) in [6.45, 7) is 0.957. The lowest BCUT2D eigenvalue weighted by Crippen LogP contribution is -2.40. The lowest BCUT2D eigenvalue weighted by Gasteiger charge is -2.33. The number of Topliss-reactive ketones (excluding diaryl/α,β-unsaturated/α-hetero) is 1. The quantitative estimate of drug-likeness (QED) is 0.582. The average Bonchev–Trinajstić information content (AvgIpc) is 2.72. The van der Waals surface area contributed by atoms with Crippen molar-refractivity contribution in [3.05, 3.63) is 59.3 Å². The zero-order chi connectivity index (χ0) is 20.3. The SMILES string of the molecule is COC(=O)c1cccnc1N1CCCC(C(=O)c2ccc(C(F)(F)F)cc2)C1. The normalized spacial score (nSPS) is 17.3. The number of carbonyl (C=O) groups excluding carboxylic acids is 2. The lowest BCUT2D eigenvalue weighted by atomic mass is 9.89. The van der Waals surface area contributed by atoms with E-state index in [1.807, 2.05) is 4.90 Å². The van der Waals surface area contributed by atoms with Crippen LogP contribution in [0.5, 0.6) is 0 Å². The van der Waals surface area contributed by atoms with Crippen LogP contribution in [0.3, 0.4) is 0 Å². The fraction of sp³-hybridized carbons (Fsp3) is 0.350. The number of ether oxygens (including phenoxy) is 1. The van der Waals surface area contributed by atoms with Gasteiger partial charge in [-0.15, -0.1) is 0 Å². The van der Waals surface area contributed by atoms with Crippen molar-refractivity contribution in [1.82, 2.24) is 4.98 Å². The molecule has 1 atom stereocenters. The third kappa shape index (κ3) is 4.16. The predicted molar refractivity (Wildman–Crippen MR) is 96.3 cm³/mol. The highest BCUT2D eigenvalue weighted by Crippen LogP contribution is 2.31. The molecule has 1 saturated heterocycles. The van der Waals surface area contributed by atoms with Crippen LogP contribution in [0, 0.1) is 5.92 Å². The number of hydrogen-bond acceptors (Lipinski definition) is 5. The molecular weight excluding hydrogens is 373 g/mol. The number of hydrogen-bond donors (Lipinski definition) is 0. The molecule has 0 spiro atoms. The van der Waals surface area contributed by atoms with Gasteiger partial charge in [-0.05, 0) is 37.1 Å². The van der Waals surface area contributed by atoms with Gasteiger partial charge in [0.15, 0.2) is 5.78 Å². The molecule has 0 saturated carbocycles. The van der Waals surface area contributed by atoms with Gasteiger partial charge in [-0.2, -0.15) is 13.2 Å². The van der Waals surface area contributed by atoms with E-state index in [4.69, 9.17) is 4.74 Å². The second-order valence-electron chi connectivity index (χ2n) is 6.59.